The van der Waals surface area contributed by atoms with Crippen LogP contribution in [-0.4, -0.2) is 41.5 Å². The second kappa shape index (κ2) is 8.14. The summed E-state index contributed by atoms with van der Waals surface area (Å²) in [6, 6.07) is 5.64. The number of carboxylic acids is 1. The third-order valence-corrected chi connectivity index (χ3v) is 3.72. The van der Waals surface area contributed by atoms with E-state index in [-0.39, 0.29) is 12.5 Å². The number of carbonyl (C=O) groups is 2. The number of halogens is 1. The van der Waals surface area contributed by atoms with Gasteiger partial charge in [0, 0.05) is 16.7 Å². The maximum atomic E-state index is 12.1. The van der Waals surface area contributed by atoms with Crippen molar-refractivity contribution in [3.05, 3.63) is 28.2 Å². The molecule has 0 aliphatic heterocycles. The molecule has 1 rings (SSSR count). The molecular formula is C15H21BrN2O3. The molecule has 0 saturated carbocycles. The summed E-state index contributed by atoms with van der Waals surface area (Å²) in [6.45, 7) is 6.64. The van der Waals surface area contributed by atoms with Crippen molar-refractivity contribution in [1.82, 2.24) is 4.90 Å². The van der Waals surface area contributed by atoms with Crippen LogP contribution < -0.4 is 5.32 Å². The fourth-order valence-electron chi connectivity index (χ4n) is 1.93. The van der Waals surface area contributed by atoms with Crippen LogP contribution in [0.3, 0.4) is 0 Å². The predicted octanol–water partition coefficient (Wildman–Crippen LogP) is 2.74. The van der Waals surface area contributed by atoms with Crippen LogP contribution in [0.5, 0.6) is 0 Å². The van der Waals surface area contributed by atoms with E-state index in [9.17, 15) is 9.59 Å². The SMILES string of the molecule is CCN(CC(=O)Nc1ccc(Br)cc1C)CC(C)C(=O)O. The van der Waals surface area contributed by atoms with Crippen molar-refractivity contribution in [1.29, 1.82) is 0 Å². The number of aryl methyl sites for hydroxylation is 1. The number of hydrogen-bond acceptors (Lipinski definition) is 3. The number of anilines is 1. The summed E-state index contributed by atoms with van der Waals surface area (Å²) in [5.74, 6) is -1.48. The van der Waals surface area contributed by atoms with E-state index >= 15 is 0 Å². The average Bonchev–Trinajstić information content (AvgIpc) is 2.40. The highest BCUT2D eigenvalue weighted by molar-refractivity contribution is 9.10. The van der Waals surface area contributed by atoms with E-state index in [1.54, 1.807) is 6.92 Å². The summed E-state index contributed by atoms with van der Waals surface area (Å²) < 4.78 is 0.962. The van der Waals surface area contributed by atoms with Gasteiger partial charge in [-0.05, 0) is 37.2 Å². The van der Waals surface area contributed by atoms with Crippen LogP contribution in [0.25, 0.3) is 0 Å². The molecule has 0 radical (unpaired) electrons. The molecule has 6 heteroatoms. The predicted molar refractivity (Wildman–Crippen MR) is 86.4 cm³/mol. The Labute approximate surface area is 133 Å². The molecule has 1 atom stereocenters. The van der Waals surface area contributed by atoms with Gasteiger partial charge in [0.15, 0.2) is 0 Å². The highest BCUT2D eigenvalue weighted by Gasteiger charge is 2.17. The van der Waals surface area contributed by atoms with Gasteiger partial charge in [0.05, 0.1) is 12.5 Å². The standard InChI is InChI=1S/C15H21BrN2O3/c1-4-18(8-11(3)15(20)21)9-14(19)17-13-6-5-12(16)7-10(13)2/h5-7,11H,4,8-9H2,1-3H3,(H,17,19)(H,20,21). The Morgan fingerprint density at radius 3 is 2.62 bits per heavy atom. The lowest BCUT2D eigenvalue weighted by molar-refractivity contribution is -0.142. The summed E-state index contributed by atoms with van der Waals surface area (Å²) in [5.41, 5.74) is 1.74. The van der Waals surface area contributed by atoms with Crippen LogP contribution >= 0.6 is 15.9 Å². The number of likely N-dealkylation sites (N-methyl/N-ethyl adjacent to an activating group) is 1. The molecule has 0 aromatic heterocycles. The van der Waals surface area contributed by atoms with Crippen LogP contribution in [-0.2, 0) is 9.59 Å². The van der Waals surface area contributed by atoms with Crippen molar-refractivity contribution >= 4 is 33.5 Å². The summed E-state index contributed by atoms with van der Waals surface area (Å²) in [5, 5.41) is 11.8. The summed E-state index contributed by atoms with van der Waals surface area (Å²) in [7, 11) is 0. The molecule has 5 nitrogen and oxygen atoms in total. The maximum absolute atomic E-state index is 12.1. The van der Waals surface area contributed by atoms with Gasteiger partial charge >= 0.3 is 5.97 Å². The van der Waals surface area contributed by atoms with E-state index < -0.39 is 11.9 Å². The first-order valence-electron chi connectivity index (χ1n) is 6.84. The summed E-state index contributed by atoms with van der Waals surface area (Å²) in [6.07, 6.45) is 0. The van der Waals surface area contributed by atoms with Gasteiger partial charge in [0.25, 0.3) is 0 Å². The monoisotopic (exact) mass is 356 g/mol. The molecule has 1 aromatic rings. The smallest absolute Gasteiger partial charge is 0.307 e. The van der Waals surface area contributed by atoms with Gasteiger partial charge in [0.2, 0.25) is 5.91 Å². The second-order valence-corrected chi connectivity index (χ2v) is 5.99. The van der Waals surface area contributed by atoms with E-state index in [0.29, 0.717) is 13.1 Å². The lowest BCUT2D eigenvalue weighted by atomic mass is 10.1. The van der Waals surface area contributed by atoms with Gasteiger partial charge in [-0.2, -0.15) is 0 Å². The number of nitrogens with one attached hydrogen (secondary N) is 1. The first-order valence-corrected chi connectivity index (χ1v) is 7.64. The number of benzene rings is 1. The summed E-state index contributed by atoms with van der Waals surface area (Å²) in [4.78, 5) is 24.8. The van der Waals surface area contributed by atoms with Crippen LogP contribution in [0.15, 0.2) is 22.7 Å². The number of carbonyl (C=O) groups excluding carboxylic acids is 1. The lowest BCUT2D eigenvalue weighted by Gasteiger charge is -2.22. The van der Waals surface area contributed by atoms with Gasteiger partial charge in [-0.25, -0.2) is 0 Å². The molecule has 116 valence electrons. The van der Waals surface area contributed by atoms with Crippen LogP contribution in [0.2, 0.25) is 0 Å². The van der Waals surface area contributed by atoms with Gasteiger partial charge in [-0.3, -0.25) is 14.5 Å². The van der Waals surface area contributed by atoms with Crippen molar-refractivity contribution in [2.75, 3.05) is 25.0 Å². The highest BCUT2D eigenvalue weighted by atomic mass is 79.9. The highest BCUT2D eigenvalue weighted by Crippen LogP contribution is 2.19. The van der Waals surface area contributed by atoms with Crippen LogP contribution in [0, 0.1) is 12.8 Å². The molecule has 0 bridgehead atoms. The third-order valence-electron chi connectivity index (χ3n) is 3.23. The molecule has 1 aromatic carbocycles. The zero-order valence-electron chi connectivity index (χ0n) is 12.5. The fourth-order valence-corrected chi connectivity index (χ4v) is 2.41. The molecule has 0 saturated heterocycles. The molecule has 21 heavy (non-hydrogen) atoms. The third kappa shape index (κ3) is 5.85. The first-order chi connectivity index (χ1) is 9.83. The number of rotatable bonds is 7. The van der Waals surface area contributed by atoms with Gasteiger partial charge in [0.1, 0.15) is 0 Å². The Balaban J connectivity index is 2.60. The van der Waals surface area contributed by atoms with Crippen molar-refractivity contribution < 1.29 is 14.7 Å². The Hall–Kier alpha value is -1.40. The zero-order chi connectivity index (χ0) is 16.0. The minimum atomic E-state index is -0.849. The minimum Gasteiger partial charge on any atom is -0.481 e. The summed E-state index contributed by atoms with van der Waals surface area (Å²) >= 11 is 3.38. The van der Waals surface area contributed by atoms with E-state index in [4.69, 9.17) is 5.11 Å². The second-order valence-electron chi connectivity index (χ2n) is 5.07. The molecule has 2 N–H and O–H groups in total. The Bertz CT molecular complexity index is 520. The van der Waals surface area contributed by atoms with Crippen LogP contribution in [0.1, 0.15) is 19.4 Å². The van der Waals surface area contributed by atoms with Crippen molar-refractivity contribution in [2.45, 2.75) is 20.8 Å². The van der Waals surface area contributed by atoms with E-state index in [1.165, 1.54) is 0 Å². The Morgan fingerprint density at radius 2 is 2.10 bits per heavy atom. The molecule has 1 amide bonds. The van der Waals surface area contributed by atoms with E-state index in [1.807, 2.05) is 36.9 Å². The van der Waals surface area contributed by atoms with Crippen molar-refractivity contribution in [3.63, 3.8) is 0 Å². The number of carboxylic acid groups (broad SMARTS) is 1. The number of nitrogens with zero attached hydrogens (tertiary/aromatic N) is 1. The van der Waals surface area contributed by atoms with Crippen LogP contribution in [0.4, 0.5) is 5.69 Å². The molecule has 0 aliphatic carbocycles. The number of aliphatic carboxylic acids is 1. The molecule has 0 spiro atoms. The number of hydrogen-bond donors (Lipinski definition) is 2. The average molecular weight is 357 g/mol. The quantitative estimate of drug-likeness (QED) is 0.787. The largest absolute Gasteiger partial charge is 0.481 e. The Kier molecular flexibility index (Phi) is 6.84. The molecular weight excluding hydrogens is 336 g/mol. The number of amides is 1. The van der Waals surface area contributed by atoms with Gasteiger partial charge < -0.3 is 10.4 Å². The topological polar surface area (TPSA) is 69.6 Å². The fraction of sp³-hybridized carbons (Fsp3) is 0.467. The maximum Gasteiger partial charge on any atom is 0.307 e. The van der Waals surface area contributed by atoms with Crippen molar-refractivity contribution in [2.24, 2.45) is 5.92 Å². The molecule has 1 unspecified atom stereocenters. The minimum absolute atomic E-state index is 0.139. The zero-order valence-corrected chi connectivity index (χ0v) is 14.1. The van der Waals surface area contributed by atoms with Gasteiger partial charge in [-0.15, -0.1) is 0 Å². The van der Waals surface area contributed by atoms with Gasteiger partial charge in [-0.1, -0.05) is 29.8 Å². The first kappa shape index (κ1) is 17.7. The molecule has 0 fully saturated rings. The normalized spacial score (nSPS) is 12.2. The van der Waals surface area contributed by atoms with E-state index in [0.717, 1.165) is 15.7 Å². The van der Waals surface area contributed by atoms with Crippen molar-refractivity contribution in [3.8, 4) is 0 Å². The molecule has 0 aliphatic rings. The lowest BCUT2D eigenvalue weighted by Crippen LogP contribution is -2.37. The van der Waals surface area contributed by atoms with E-state index in [2.05, 4.69) is 21.2 Å². The molecule has 0 heterocycles. The Morgan fingerprint density at radius 1 is 1.43 bits per heavy atom.